The summed E-state index contributed by atoms with van der Waals surface area (Å²) in [6.45, 7) is 4.67. The third-order valence-electron chi connectivity index (χ3n) is 6.51. The average molecular weight is 640 g/mol. The number of carbonyl (C=O) groups excluding carboxylic acids is 1. The van der Waals surface area contributed by atoms with Crippen molar-refractivity contribution in [3.8, 4) is 11.6 Å². The first-order valence-electron chi connectivity index (χ1n) is 13.1. The van der Waals surface area contributed by atoms with Crippen molar-refractivity contribution in [2.75, 3.05) is 29.3 Å². The van der Waals surface area contributed by atoms with Gasteiger partial charge in [-0.2, -0.15) is 13.2 Å². The van der Waals surface area contributed by atoms with E-state index in [2.05, 4.69) is 19.9 Å². The van der Waals surface area contributed by atoms with Crippen molar-refractivity contribution in [1.29, 1.82) is 0 Å². The summed E-state index contributed by atoms with van der Waals surface area (Å²) in [5.74, 6) is -0.124. The standard InChI is InChI=1S/C24H32F3N5O8S2/c1-5-31-14-20(21(30-31)38-6-2)42(36,37)32-13-16(12-28-41(34,35)17-8-9-17)39-19-10-7-15(11-18(19)32)29-22(33)40-23(3,4)24(25,26)27/h7,10-11,14,16-17,28H,5-6,8-9,12-13H2,1-4H3,(H,29,33). The molecule has 1 aliphatic carbocycles. The van der Waals surface area contributed by atoms with Crippen LogP contribution in [0.2, 0.25) is 0 Å². The predicted octanol–water partition coefficient (Wildman–Crippen LogP) is 3.23. The number of amides is 1. The van der Waals surface area contributed by atoms with E-state index in [1.165, 1.54) is 29.1 Å². The number of hydrogen-bond acceptors (Lipinski definition) is 9. The number of alkyl halides is 3. The number of aryl methyl sites for hydroxylation is 1. The molecule has 2 N–H and O–H groups in total. The Hall–Kier alpha value is -3.25. The second-order valence-electron chi connectivity index (χ2n) is 10.2. The lowest BCUT2D eigenvalue weighted by atomic mass is 10.1. The molecule has 1 unspecified atom stereocenters. The van der Waals surface area contributed by atoms with Gasteiger partial charge in [0.15, 0.2) is 4.90 Å². The van der Waals surface area contributed by atoms with Gasteiger partial charge in [0.25, 0.3) is 15.9 Å². The van der Waals surface area contributed by atoms with Crippen molar-refractivity contribution in [3.05, 3.63) is 24.4 Å². The molecule has 1 saturated carbocycles. The molecular formula is C24H32F3N5O8S2. The van der Waals surface area contributed by atoms with Gasteiger partial charge in [0.2, 0.25) is 15.6 Å². The molecule has 1 fully saturated rings. The van der Waals surface area contributed by atoms with E-state index < -0.39 is 49.3 Å². The number of fused-ring (bicyclic) bond motifs is 1. The van der Waals surface area contributed by atoms with Crippen LogP contribution in [0.3, 0.4) is 0 Å². The fourth-order valence-corrected chi connectivity index (χ4v) is 6.93. The zero-order chi connectivity index (χ0) is 31.1. The summed E-state index contributed by atoms with van der Waals surface area (Å²) in [6.07, 6.45) is -4.85. The number of halogens is 3. The molecular weight excluding hydrogens is 607 g/mol. The second-order valence-corrected chi connectivity index (χ2v) is 14.0. The summed E-state index contributed by atoms with van der Waals surface area (Å²) in [5, 5.41) is 5.84. The number of ether oxygens (including phenoxy) is 3. The molecule has 18 heteroatoms. The van der Waals surface area contributed by atoms with E-state index in [0.29, 0.717) is 33.2 Å². The van der Waals surface area contributed by atoms with Crippen LogP contribution in [0.4, 0.5) is 29.3 Å². The summed E-state index contributed by atoms with van der Waals surface area (Å²) in [5.41, 5.74) is -2.93. The van der Waals surface area contributed by atoms with Crippen LogP contribution in [0.25, 0.3) is 0 Å². The molecule has 0 bridgehead atoms. The minimum atomic E-state index is -4.84. The molecule has 1 aliphatic heterocycles. The van der Waals surface area contributed by atoms with Gasteiger partial charge in [-0.05, 0) is 58.7 Å². The van der Waals surface area contributed by atoms with Gasteiger partial charge in [0, 0.05) is 25.0 Å². The molecule has 2 aliphatic rings. The van der Waals surface area contributed by atoms with E-state index in [1.54, 1.807) is 13.8 Å². The smallest absolute Gasteiger partial charge is 0.427 e. The Morgan fingerprint density at radius 3 is 2.45 bits per heavy atom. The molecule has 0 spiro atoms. The van der Waals surface area contributed by atoms with Crippen molar-refractivity contribution in [2.45, 2.75) is 75.1 Å². The summed E-state index contributed by atoms with van der Waals surface area (Å²) in [7, 11) is -8.03. The normalized spacial score (nSPS) is 17.8. The summed E-state index contributed by atoms with van der Waals surface area (Å²) in [4.78, 5) is 12.0. The largest absolute Gasteiger partial charge is 0.485 e. The molecule has 2 heterocycles. The van der Waals surface area contributed by atoms with Crippen LogP contribution in [0.15, 0.2) is 29.3 Å². The van der Waals surface area contributed by atoms with Gasteiger partial charge >= 0.3 is 12.3 Å². The second kappa shape index (κ2) is 11.4. The van der Waals surface area contributed by atoms with Crippen LogP contribution in [0, 0.1) is 0 Å². The number of aromatic nitrogens is 2. The molecule has 1 aromatic carbocycles. The first kappa shape index (κ1) is 31.7. The number of anilines is 2. The molecule has 1 aromatic heterocycles. The predicted molar refractivity (Wildman–Crippen MR) is 145 cm³/mol. The number of rotatable bonds is 11. The maximum Gasteiger partial charge on any atom is 0.427 e. The number of carbonyl (C=O) groups is 1. The number of nitrogens with one attached hydrogen (secondary N) is 2. The molecule has 234 valence electrons. The van der Waals surface area contributed by atoms with E-state index in [4.69, 9.17) is 9.47 Å². The summed E-state index contributed by atoms with van der Waals surface area (Å²) < 4.78 is 113. The van der Waals surface area contributed by atoms with Gasteiger partial charge in [-0.15, -0.1) is 5.10 Å². The lowest BCUT2D eigenvalue weighted by Gasteiger charge is -2.35. The highest BCUT2D eigenvalue weighted by molar-refractivity contribution is 7.93. The van der Waals surface area contributed by atoms with Gasteiger partial charge in [-0.3, -0.25) is 14.3 Å². The number of hydrogen-bond donors (Lipinski definition) is 2. The lowest BCUT2D eigenvalue weighted by Crippen LogP contribution is -2.48. The van der Waals surface area contributed by atoms with Gasteiger partial charge in [-0.25, -0.2) is 26.4 Å². The Balaban J connectivity index is 1.68. The average Bonchev–Trinajstić information content (AvgIpc) is 3.67. The quantitative estimate of drug-likeness (QED) is 0.377. The van der Waals surface area contributed by atoms with Crippen LogP contribution in [-0.4, -0.2) is 75.5 Å². The molecule has 13 nitrogen and oxygen atoms in total. The molecule has 1 amide bonds. The maximum absolute atomic E-state index is 14.0. The number of benzene rings is 1. The van der Waals surface area contributed by atoms with Crippen LogP contribution in [-0.2, 0) is 31.3 Å². The molecule has 0 radical (unpaired) electrons. The van der Waals surface area contributed by atoms with Crippen LogP contribution < -0.4 is 23.8 Å². The zero-order valence-electron chi connectivity index (χ0n) is 23.3. The van der Waals surface area contributed by atoms with E-state index in [9.17, 15) is 34.8 Å². The van der Waals surface area contributed by atoms with Crippen LogP contribution >= 0.6 is 0 Å². The summed E-state index contributed by atoms with van der Waals surface area (Å²) >= 11 is 0. The van der Waals surface area contributed by atoms with Gasteiger partial charge in [-0.1, -0.05) is 0 Å². The van der Waals surface area contributed by atoms with Gasteiger partial charge in [0.1, 0.15) is 11.9 Å². The summed E-state index contributed by atoms with van der Waals surface area (Å²) in [6, 6.07) is 3.79. The Morgan fingerprint density at radius 2 is 1.86 bits per heavy atom. The third kappa shape index (κ3) is 6.70. The number of nitrogens with zero attached hydrogens (tertiary/aromatic N) is 3. The first-order valence-corrected chi connectivity index (χ1v) is 16.1. The Kier molecular flexibility index (Phi) is 8.63. The monoisotopic (exact) mass is 639 g/mol. The Bertz CT molecular complexity index is 1540. The highest BCUT2D eigenvalue weighted by Crippen LogP contribution is 2.41. The zero-order valence-corrected chi connectivity index (χ0v) is 24.9. The van der Waals surface area contributed by atoms with Crippen molar-refractivity contribution in [3.63, 3.8) is 0 Å². The highest BCUT2D eigenvalue weighted by atomic mass is 32.2. The molecule has 42 heavy (non-hydrogen) atoms. The fraction of sp³-hybridized carbons (Fsp3) is 0.583. The van der Waals surface area contributed by atoms with Crippen molar-refractivity contribution >= 4 is 37.5 Å². The van der Waals surface area contributed by atoms with E-state index in [0.717, 1.165) is 4.31 Å². The third-order valence-corrected chi connectivity index (χ3v) is 10.2. The lowest BCUT2D eigenvalue weighted by molar-refractivity contribution is -0.242. The highest BCUT2D eigenvalue weighted by Gasteiger charge is 2.51. The molecule has 1 atom stereocenters. The fourth-order valence-electron chi connectivity index (χ4n) is 3.94. The van der Waals surface area contributed by atoms with Crippen molar-refractivity contribution < 1.29 is 49.0 Å². The topological polar surface area (TPSA) is 158 Å². The maximum atomic E-state index is 14.0. The van der Waals surface area contributed by atoms with Crippen LogP contribution in [0.1, 0.15) is 40.5 Å². The number of sulfonamides is 2. The van der Waals surface area contributed by atoms with Crippen LogP contribution in [0.5, 0.6) is 11.6 Å². The van der Waals surface area contributed by atoms with E-state index >= 15 is 0 Å². The van der Waals surface area contributed by atoms with E-state index in [1.807, 2.05) is 0 Å². The Labute approximate surface area is 241 Å². The Morgan fingerprint density at radius 1 is 1.17 bits per heavy atom. The minimum Gasteiger partial charge on any atom is -0.485 e. The SMILES string of the molecule is CCOc1nn(CC)cc1S(=O)(=O)N1CC(CNS(=O)(=O)C2CC2)Oc2ccc(NC(=O)OC(C)(C)C(F)(F)F)cc21. The van der Waals surface area contributed by atoms with Crippen molar-refractivity contribution in [2.24, 2.45) is 0 Å². The van der Waals surface area contributed by atoms with Gasteiger partial charge < -0.3 is 14.2 Å². The van der Waals surface area contributed by atoms with E-state index in [-0.39, 0.29) is 47.6 Å². The first-order chi connectivity index (χ1) is 19.5. The molecule has 4 rings (SSSR count). The van der Waals surface area contributed by atoms with Gasteiger partial charge in [0.05, 0.1) is 24.1 Å². The van der Waals surface area contributed by atoms with Crippen molar-refractivity contribution in [1.82, 2.24) is 14.5 Å². The molecule has 0 saturated heterocycles. The minimum absolute atomic E-state index is 0.0239. The molecule has 2 aromatic rings.